The lowest BCUT2D eigenvalue weighted by molar-refractivity contribution is 0.0696. The minimum absolute atomic E-state index is 0.361. The van der Waals surface area contributed by atoms with Crippen molar-refractivity contribution in [1.82, 2.24) is 9.47 Å². The molecule has 1 aromatic heterocycles. The number of benzene rings is 2. The van der Waals surface area contributed by atoms with E-state index in [0.717, 1.165) is 18.7 Å². The quantitative estimate of drug-likeness (QED) is 0.233. The molecule has 4 nitrogen and oxygen atoms in total. The maximum atomic E-state index is 11.6. The lowest BCUT2D eigenvalue weighted by atomic mass is 9.79. The third-order valence-electron chi connectivity index (χ3n) is 7.64. The summed E-state index contributed by atoms with van der Waals surface area (Å²) in [7, 11) is 4.28. The topological polar surface area (TPSA) is 45.5 Å². The van der Waals surface area contributed by atoms with Crippen molar-refractivity contribution in [2.45, 2.75) is 78.3 Å². The number of aryl methyl sites for hydroxylation is 2. The molecule has 192 valence electrons. The number of carbonyl (C=O) groups is 1. The van der Waals surface area contributed by atoms with Crippen LogP contribution in [0.3, 0.4) is 0 Å². The molecule has 1 aliphatic rings. The lowest BCUT2D eigenvalue weighted by Crippen LogP contribution is -2.15. The van der Waals surface area contributed by atoms with Crippen LogP contribution in [-0.4, -0.2) is 34.6 Å². The fourth-order valence-electron chi connectivity index (χ4n) is 5.87. The Morgan fingerprint density at radius 2 is 1.86 bits per heavy atom. The molecule has 1 aliphatic carbocycles. The van der Waals surface area contributed by atoms with E-state index in [-0.39, 0.29) is 0 Å². The summed E-state index contributed by atoms with van der Waals surface area (Å²) >= 11 is 0. The molecule has 0 aliphatic heterocycles. The van der Waals surface area contributed by atoms with Gasteiger partial charge in [0.05, 0.1) is 11.1 Å². The number of unbranched alkanes of at least 4 members (excludes halogenated alkanes) is 2. The van der Waals surface area contributed by atoms with Crippen LogP contribution in [0.5, 0.6) is 0 Å². The second-order valence-corrected chi connectivity index (χ2v) is 10.8. The first-order valence-corrected chi connectivity index (χ1v) is 13.7. The lowest BCUT2D eigenvalue weighted by Gasteiger charge is -2.26. The molecule has 1 fully saturated rings. The highest BCUT2D eigenvalue weighted by molar-refractivity contribution is 5.96. The van der Waals surface area contributed by atoms with Crippen molar-refractivity contribution < 1.29 is 9.90 Å². The highest BCUT2D eigenvalue weighted by atomic mass is 16.4. The third kappa shape index (κ3) is 5.92. The predicted molar refractivity (Wildman–Crippen MR) is 151 cm³/mol. The van der Waals surface area contributed by atoms with Crippen LogP contribution in [0.2, 0.25) is 0 Å². The number of carboxylic acid groups (broad SMARTS) is 1. The monoisotopic (exact) mass is 486 g/mol. The zero-order chi connectivity index (χ0) is 25.7. The smallest absolute Gasteiger partial charge is 0.335 e. The molecule has 0 atom stereocenters. The van der Waals surface area contributed by atoms with Gasteiger partial charge in [-0.1, -0.05) is 63.3 Å². The number of aromatic nitrogens is 1. The summed E-state index contributed by atoms with van der Waals surface area (Å²) in [6.07, 6.45) is 12.3. The van der Waals surface area contributed by atoms with E-state index in [2.05, 4.69) is 67.8 Å². The highest BCUT2D eigenvalue weighted by Gasteiger charge is 2.22. The molecule has 4 rings (SSSR count). The number of carboxylic acids is 1. The van der Waals surface area contributed by atoms with Crippen LogP contribution < -0.4 is 0 Å². The second-order valence-electron chi connectivity index (χ2n) is 10.8. The average molecular weight is 487 g/mol. The van der Waals surface area contributed by atoms with Gasteiger partial charge in [-0.2, -0.15) is 0 Å². The van der Waals surface area contributed by atoms with Crippen LogP contribution in [0.15, 0.2) is 42.5 Å². The summed E-state index contributed by atoms with van der Waals surface area (Å²) in [6.45, 7) is 6.28. The van der Waals surface area contributed by atoms with Crippen LogP contribution in [0, 0.1) is 12.8 Å². The van der Waals surface area contributed by atoms with E-state index in [0.29, 0.717) is 11.5 Å². The van der Waals surface area contributed by atoms with E-state index in [1.165, 1.54) is 84.7 Å². The zero-order valence-electron chi connectivity index (χ0n) is 22.5. The standard InChI is InChI=1S/C32H42N2O2/c1-5-6-10-18-34-28(22-33(3)4)20-25-14-11-15-26(31(25)34)21-30(24-12-8-7-9-13-24)29-17-16-27(32(35)36)19-23(29)2/h11,14-17,19-21,24H,5-10,12-13,18,22H2,1-4H3,(H,35,36)/b30-21+. The van der Waals surface area contributed by atoms with Crippen molar-refractivity contribution in [2.24, 2.45) is 5.92 Å². The Bertz CT molecular complexity index is 1230. The highest BCUT2D eigenvalue weighted by Crippen LogP contribution is 2.39. The van der Waals surface area contributed by atoms with E-state index in [4.69, 9.17) is 0 Å². The number of allylic oxidation sites excluding steroid dienone is 1. The minimum atomic E-state index is -0.865. The van der Waals surface area contributed by atoms with E-state index in [9.17, 15) is 9.90 Å². The molecule has 1 saturated carbocycles. The van der Waals surface area contributed by atoms with Crippen molar-refractivity contribution in [3.63, 3.8) is 0 Å². The summed E-state index contributed by atoms with van der Waals surface area (Å²) in [5.74, 6) is -0.357. The van der Waals surface area contributed by atoms with Crippen LogP contribution in [0.4, 0.5) is 0 Å². The van der Waals surface area contributed by atoms with Gasteiger partial charge in [0.25, 0.3) is 0 Å². The SMILES string of the molecule is CCCCCn1c(CN(C)C)cc2cccc(/C=C(/c3ccc(C(=O)O)cc3C)C3CCCCC3)c21. The molecule has 0 spiro atoms. The van der Waals surface area contributed by atoms with Crippen molar-refractivity contribution in [1.29, 1.82) is 0 Å². The molecular weight excluding hydrogens is 444 g/mol. The van der Waals surface area contributed by atoms with Crippen molar-refractivity contribution in [3.8, 4) is 0 Å². The first kappa shape index (κ1) is 26.2. The molecule has 4 heteroatoms. The van der Waals surface area contributed by atoms with Gasteiger partial charge in [0.15, 0.2) is 0 Å². The largest absolute Gasteiger partial charge is 0.478 e. The molecule has 0 bridgehead atoms. The summed E-state index contributed by atoms with van der Waals surface area (Å²) < 4.78 is 2.55. The third-order valence-corrected chi connectivity index (χ3v) is 7.64. The van der Waals surface area contributed by atoms with Gasteiger partial charge in [-0.25, -0.2) is 4.79 Å². The van der Waals surface area contributed by atoms with E-state index in [1.54, 1.807) is 6.07 Å². The summed E-state index contributed by atoms with van der Waals surface area (Å²) in [5, 5.41) is 10.8. The van der Waals surface area contributed by atoms with Gasteiger partial charge in [0.2, 0.25) is 0 Å². The van der Waals surface area contributed by atoms with Gasteiger partial charge in [0, 0.05) is 24.2 Å². The number of aromatic carboxylic acids is 1. The molecule has 2 aromatic carbocycles. The number of hydrogen-bond donors (Lipinski definition) is 1. The molecule has 3 aromatic rings. The summed E-state index contributed by atoms with van der Waals surface area (Å²) in [6, 6.07) is 14.7. The first-order chi connectivity index (χ1) is 17.4. The molecule has 0 amide bonds. The van der Waals surface area contributed by atoms with E-state index in [1.807, 2.05) is 12.1 Å². The number of para-hydroxylation sites is 1. The van der Waals surface area contributed by atoms with E-state index < -0.39 is 5.97 Å². The van der Waals surface area contributed by atoms with Crippen LogP contribution >= 0.6 is 0 Å². The molecule has 0 saturated heterocycles. The Labute approximate surface area is 216 Å². The van der Waals surface area contributed by atoms with Gasteiger partial charge in [0.1, 0.15) is 0 Å². The predicted octanol–water partition coefficient (Wildman–Crippen LogP) is 8.02. The molecule has 0 unspecified atom stereocenters. The maximum Gasteiger partial charge on any atom is 0.335 e. The fraction of sp³-hybridized carbons (Fsp3) is 0.469. The average Bonchev–Trinajstić information content (AvgIpc) is 3.20. The van der Waals surface area contributed by atoms with Gasteiger partial charge in [-0.15, -0.1) is 0 Å². The Morgan fingerprint density at radius 3 is 2.53 bits per heavy atom. The van der Waals surface area contributed by atoms with Gasteiger partial charge < -0.3 is 14.6 Å². The van der Waals surface area contributed by atoms with Crippen molar-refractivity contribution >= 4 is 28.5 Å². The minimum Gasteiger partial charge on any atom is -0.478 e. The van der Waals surface area contributed by atoms with Crippen molar-refractivity contribution in [2.75, 3.05) is 14.1 Å². The van der Waals surface area contributed by atoms with Gasteiger partial charge in [-0.05, 0) is 92.7 Å². The Hall–Kier alpha value is -2.85. The second kappa shape index (κ2) is 11.9. The number of nitrogens with zero attached hydrogens (tertiary/aromatic N) is 2. The fourth-order valence-corrected chi connectivity index (χ4v) is 5.87. The Kier molecular flexibility index (Phi) is 8.68. The Morgan fingerprint density at radius 1 is 1.08 bits per heavy atom. The zero-order valence-corrected chi connectivity index (χ0v) is 22.5. The number of hydrogen-bond acceptors (Lipinski definition) is 2. The van der Waals surface area contributed by atoms with Crippen molar-refractivity contribution in [3.05, 3.63) is 70.4 Å². The van der Waals surface area contributed by atoms with E-state index >= 15 is 0 Å². The van der Waals surface area contributed by atoms with Crippen LogP contribution in [0.1, 0.15) is 91.0 Å². The first-order valence-electron chi connectivity index (χ1n) is 13.7. The maximum absolute atomic E-state index is 11.6. The summed E-state index contributed by atoms with van der Waals surface area (Å²) in [5.41, 5.74) is 7.95. The van der Waals surface area contributed by atoms with Gasteiger partial charge in [-0.3, -0.25) is 0 Å². The number of rotatable bonds is 10. The van der Waals surface area contributed by atoms with Crippen LogP contribution in [0.25, 0.3) is 22.6 Å². The number of fused-ring (bicyclic) bond motifs is 1. The van der Waals surface area contributed by atoms with Gasteiger partial charge >= 0.3 is 5.97 Å². The molecular formula is C32H42N2O2. The molecule has 36 heavy (non-hydrogen) atoms. The summed E-state index contributed by atoms with van der Waals surface area (Å²) in [4.78, 5) is 13.8. The molecule has 1 heterocycles. The van der Waals surface area contributed by atoms with Crippen LogP contribution in [-0.2, 0) is 13.1 Å². The Balaban J connectivity index is 1.88. The normalized spacial score (nSPS) is 15.2. The molecule has 0 radical (unpaired) electrons. The molecule has 1 N–H and O–H groups in total.